The first kappa shape index (κ1) is 24.8. The van der Waals surface area contributed by atoms with E-state index in [2.05, 4.69) is 80.8 Å². The van der Waals surface area contributed by atoms with Gasteiger partial charge in [0, 0.05) is 57.7 Å². The Hall–Kier alpha value is -3.32. The summed E-state index contributed by atoms with van der Waals surface area (Å²) < 4.78 is 0. The van der Waals surface area contributed by atoms with E-state index in [1.807, 2.05) is 12.1 Å². The molecule has 2 aromatic carbocycles. The summed E-state index contributed by atoms with van der Waals surface area (Å²) >= 11 is 0. The minimum absolute atomic E-state index is 0.164. The van der Waals surface area contributed by atoms with Crippen molar-refractivity contribution in [2.75, 3.05) is 39.3 Å². The molecule has 1 saturated heterocycles. The molecule has 1 aliphatic rings. The fraction of sp³-hybridized carbons (Fsp3) is 0.310. The lowest BCUT2D eigenvalue weighted by Gasteiger charge is -2.40. The van der Waals surface area contributed by atoms with Crippen LogP contribution in [-0.2, 0) is 4.79 Å². The minimum Gasteiger partial charge on any atom is -0.392 e. The van der Waals surface area contributed by atoms with Crippen molar-refractivity contribution in [1.82, 2.24) is 20.1 Å². The van der Waals surface area contributed by atoms with Gasteiger partial charge in [-0.25, -0.2) is 0 Å². The van der Waals surface area contributed by atoms with Crippen molar-refractivity contribution in [2.24, 2.45) is 0 Å². The third-order valence-corrected chi connectivity index (χ3v) is 6.36. The first-order chi connectivity index (χ1) is 17.2. The number of pyridine rings is 1. The van der Waals surface area contributed by atoms with E-state index in [0.29, 0.717) is 19.5 Å². The molecular weight excluding hydrogens is 436 g/mol. The van der Waals surface area contributed by atoms with Crippen LogP contribution in [0, 0.1) is 0 Å². The standard InChI is InChI=1S/C29H34N4O2/c34-27(15-17-31-28(35)14-13-24-8-7-16-30-22-24)23-32-18-20-33(21-19-32)29(25-9-3-1-4-10-25)26-11-5-2-6-12-26/h1-14,16,22,27,29,34H,15,17-21,23H2,(H,31,35)/b14-13-. The maximum Gasteiger partial charge on any atom is 0.244 e. The van der Waals surface area contributed by atoms with Crippen molar-refractivity contribution < 1.29 is 9.90 Å². The lowest BCUT2D eigenvalue weighted by Crippen LogP contribution is -2.49. The van der Waals surface area contributed by atoms with Crippen LogP contribution in [0.15, 0.2) is 91.3 Å². The van der Waals surface area contributed by atoms with Crippen LogP contribution < -0.4 is 5.32 Å². The molecular formula is C29H34N4O2. The predicted molar refractivity (Wildman–Crippen MR) is 140 cm³/mol. The monoisotopic (exact) mass is 470 g/mol. The Morgan fingerprint density at radius 3 is 2.20 bits per heavy atom. The molecule has 0 radical (unpaired) electrons. The molecule has 1 amide bonds. The molecule has 2 heterocycles. The van der Waals surface area contributed by atoms with Gasteiger partial charge in [-0.1, -0.05) is 66.7 Å². The number of carbonyl (C=O) groups is 1. The fourth-order valence-electron chi connectivity index (χ4n) is 4.55. The van der Waals surface area contributed by atoms with Crippen molar-refractivity contribution in [3.8, 4) is 0 Å². The number of benzene rings is 2. The molecule has 182 valence electrons. The number of hydrogen-bond acceptors (Lipinski definition) is 5. The summed E-state index contributed by atoms with van der Waals surface area (Å²) in [5, 5.41) is 13.4. The van der Waals surface area contributed by atoms with Gasteiger partial charge in [0.05, 0.1) is 12.1 Å². The maximum atomic E-state index is 12.0. The lowest BCUT2D eigenvalue weighted by atomic mass is 9.96. The van der Waals surface area contributed by atoms with E-state index in [-0.39, 0.29) is 11.9 Å². The van der Waals surface area contributed by atoms with Gasteiger partial charge in [-0.3, -0.25) is 19.6 Å². The smallest absolute Gasteiger partial charge is 0.244 e. The fourth-order valence-corrected chi connectivity index (χ4v) is 4.55. The molecule has 0 spiro atoms. The summed E-state index contributed by atoms with van der Waals surface area (Å²) in [4.78, 5) is 20.9. The van der Waals surface area contributed by atoms with Gasteiger partial charge in [-0.15, -0.1) is 0 Å². The van der Waals surface area contributed by atoms with E-state index in [1.54, 1.807) is 18.5 Å². The topological polar surface area (TPSA) is 68.7 Å². The van der Waals surface area contributed by atoms with Crippen LogP contribution in [0.4, 0.5) is 0 Å². The number of aromatic nitrogens is 1. The second kappa shape index (κ2) is 13.0. The van der Waals surface area contributed by atoms with Crippen molar-refractivity contribution in [2.45, 2.75) is 18.6 Å². The summed E-state index contributed by atoms with van der Waals surface area (Å²) in [6, 6.07) is 25.3. The molecule has 3 aromatic rings. The number of amides is 1. The largest absolute Gasteiger partial charge is 0.392 e. The van der Waals surface area contributed by atoms with Gasteiger partial charge < -0.3 is 10.4 Å². The summed E-state index contributed by atoms with van der Waals surface area (Å²) in [7, 11) is 0. The number of nitrogens with one attached hydrogen (secondary N) is 1. The highest BCUT2D eigenvalue weighted by Gasteiger charge is 2.26. The van der Waals surface area contributed by atoms with E-state index >= 15 is 0 Å². The second-order valence-corrected chi connectivity index (χ2v) is 8.91. The first-order valence-corrected chi connectivity index (χ1v) is 12.3. The van der Waals surface area contributed by atoms with Crippen molar-refractivity contribution in [3.05, 3.63) is 108 Å². The number of aliphatic hydroxyl groups excluding tert-OH is 1. The Balaban J connectivity index is 1.22. The van der Waals surface area contributed by atoms with Crippen LogP contribution in [0.3, 0.4) is 0 Å². The molecule has 2 N–H and O–H groups in total. The van der Waals surface area contributed by atoms with E-state index < -0.39 is 6.10 Å². The summed E-state index contributed by atoms with van der Waals surface area (Å²) in [5.41, 5.74) is 3.49. The highest BCUT2D eigenvalue weighted by molar-refractivity contribution is 5.91. The molecule has 1 fully saturated rings. The number of aliphatic hydroxyl groups is 1. The quantitative estimate of drug-likeness (QED) is 0.445. The normalized spacial score (nSPS) is 15.9. The van der Waals surface area contributed by atoms with E-state index in [1.165, 1.54) is 17.2 Å². The van der Waals surface area contributed by atoms with Crippen molar-refractivity contribution in [1.29, 1.82) is 0 Å². The Labute approximate surface area is 207 Å². The van der Waals surface area contributed by atoms with Crippen molar-refractivity contribution >= 4 is 12.0 Å². The molecule has 1 aromatic heterocycles. The van der Waals surface area contributed by atoms with Crippen LogP contribution in [0.5, 0.6) is 0 Å². The molecule has 0 bridgehead atoms. The predicted octanol–water partition coefficient (Wildman–Crippen LogP) is 3.37. The Morgan fingerprint density at radius 2 is 1.60 bits per heavy atom. The number of carbonyl (C=O) groups excluding carboxylic acids is 1. The molecule has 6 heteroatoms. The van der Waals surface area contributed by atoms with Crippen LogP contribution >= 0.6 is 0 Å². The van der Waals surface area contributed by atoms with Crippen LogP contribution in [0.2, 0.25) is 0 Å². The molecule has 35 heavy (non-hydrogen) atoms. The van der Waals surface area contributed by atoms with Gasteiger partial charge in [0.2, 0.25) is 5.91 Å². The molecule has 1 aliphatic heterocycles. The van der Waals surface area contributed by atoms with Crippen LogP contribution in [0.1, 0.15) is 29.2 Å². The average Bonchev–Trinajstić information content (AvgIpc) is 2.90. The number of rotatable bonds is 10. The molecule has 1 unspecified atom stereocenters. The Morgan fingerprint density at radius 1 is 0.943 bits per heavy atom. The lowest BCUT2D eigenvalue weighted by molar-refractivity contribution is -0.116. The van der Waals surface area contributed by atoms with Crippen molar-refractivity contribution in [3.63, 3.8) is 0 Å². The molecule has 0 aliphatic carbocycles. The molecule has 4 rings (SSSR count). The van der Waals surface area contributed by atoms with Gasteiger partial charge in [0.15, 0.2) is 0 Å². The van der Waals surface area contributed by atoms with Crippen LogP contribution in [-0.4, -0.2) is 71.2 Å². The highest BCUT2D eigenvalue weighted by Crippen LogP contribution is 2.29. The van der Waals surface area contributed by atoms with Gasteiger partial charge in [-0.05, 0) is 35.3 Å². The second-order valence-electron chi connectivity index (χ2n) is 8.91. The molecule has 6 nitrogen and oxygen atoms in total. The van der Waals surface area contributed by atoms with Gasteiger partial charge in [0.25, 0.3) is 0 Å². The molecule has 1 atom stereocenters. The van der Waals surface area contributed by atoms with Gasteiger partial charge >= 0.3 is 0 Å². The van der Waals surface area contributed by atoms with E-state index in [4.69, 9.17) is 0 Å². The molecule has 0 saturated carbocycles. The van der Waals surface area contributed by atoms with E-state index in [9.17, 15) is 9.90 Å². The third-order valence-electron chi connectivity index (χ3n) is 6.36. The zero-order valence-electron chi connectivity index (χ0n) is 20.0. The van der Waals surface area contributed by atoms with Gasteiger partial charge in [-0.2, -0.15) is 0 Å². The summed E-state index contributed by atoms with van der Waals surface area (Å²) in [6.07, 6.45) is 6.69. The Bertz CT molecular complexity index is 1010. The van der Waals surface area contributed by atoms with Crippen LogP contribution in [0.25, 0.3) is 6.08 Å². The zero-order chi connectivity index (χ0) is 24.3. The van der Waals surface area contributed by atoms with Gasteiger partial charge in [0.1, 0.15) is 0 Å². The number of β-amino-alcohol motifs (C(OH)–C–C–N with tert-alkyl or cyclic N) is 1. The minimum atomic E-state index is -0.469. The number of hydrogen-bond donors (Lipinski definition) is 2. The summed E-state index contributed by atoms with van der Waals surface area (Å²) in [6.45, 7) is 4.77. The number of piperazine rings is 1. The highest BCUT2D eigenvalue weighted by atomic mass is 16.3. The third kappa shape index (κ3) is 7.59. The Kier molecular flexibility index (Phi) is 9.17. The maximum absolute atomic E-state index is 12.0. The first-order valence-electron chi connectivity index (χ1n) is 12.3. The zero-order valence-corrected chi connectivity index (χ0v) is 20.0. The SMILES string of the molecule is O=C(/C=C\c1cccnc1)NCCC(O)CN1CCN(C(c2ccccc2)c2ccccc2)CC1. The summed E-state index contributed by atoms with van der Waals surface area (Å²) in [5.74, 6) is -0.164. The average molecular weight is 471 g/mol. The van der Waals surface area contributed by atoms with E-state index in [0.717, 1.165) is 31.7 Å². The number of nitrogens with zero attached hydrogens (tertiary/aromatic N) is 3.